The van der Waals surface area contributed by atoms with Crippen LogP contribution in [0.25, 0.3) is 0 Å². The minimum atomic E-state index is -0.327. The van der Waals surface area contributed by atoms with Gasteiger partial charge in [-0.25, -0.2) is 0 Å². The van der Waals surface area contributed by atoms with Gasteiger partial charge in [-0.2, -0.15) is 0 Å². The molecule has 7 heteroatoms. The first-order valence-corrected chi connectivity index (χ1v) is 10.7. The molecule has 1 saturated heterocycles. The fourth-order valence-electron chi connectivity index (χ4n) is 3.42. The van der Waals surface area contributed by atoms with Crippen molar-refractivity contribution in [1.29, 1.82) is 0 Å². The maximum Gasteiger partial charge on any atom is 0.257 e. The van der Waals surface area contributed by atoms with Gasteiger partial charge >= 0.3 is 0 Å². The molecule has 3 rings (SSSR count). The minimum absolute atomic E-state index is 0.0133. The van der Waals surface area contributed by atoms with Crippen molar-refractivity contribution in [3.8, 4) is 5.75 Å². The molecular weight excluding hydrogens is 398 g/mol. The largest absolute Gasteiger partial charge is 0.494 e. The molecule has 1 aliphatic rings. The predicted molar refractivity (Wildman–Crippen MR) is 122 cm³/mol. The summed E-state index contributed by atoms with van der Waals surface area (Å²) in [4.78, 5) is 27.4. The summed E-state index contributed by atoms with van der Waals surface area (Å²) in [5.41, 5.74) is 1.61. The molecule has 0 unspecified atom stereocenters. The molecule has 30 heavy (non-hydrogen) atoms. The summed E-state index contributed by atoms with van der Waals surface area (Å²) in [7, 11) is 0. The highest BCUT2D eigenvalue weighted by atomic mass is 32.1. The molecule has 0 bridgehead atoms. The van der Waals surface area contributed by atoms with Crippen molar-refractivity contribution < 1.29 is 14.3 Å². The lowest BCUT2D eigenvalue weighted by Crippen LogP contribution is -2.36. The molecule has 0 aliphatic carbocycles. The fraction of sp³-hybridized carbons (Fsp3) is 0.348. The molecule has 158 valence electrons. The number of likely N-dealkylation sites (tertiary alicyclic amines) is 1. The highest BCUT2D eigenvalue weighted by molar-refractivity contribution is 7.80. The average Bonchev–Trinajstić information content (AvgIpc) is 3.04. The predicted octanol–water partition coefficient (Wildman–Crippen LogP) is 4.23. The van der Waals surface area contributed by atoms with Gasteiger partial charge in [0.2, 0.25) is 0 Å². The van der Waals surface area contributed by atoms with E-state index in [9.17, 15) is 9.59 Å². The van der Waals surface area contributed by atoms with Gasteiger partial charge in [-0.3, -0.25) is 14.9 Å². The highest BCUT2D eigenvalue weighted by Crippen LogP contribution is 2.20. The van der Waals surface area contributed by atoms with Crippen molar-refractivity contribution in [2.75, 3.05) is 25.0 Å². The van der Waals surface area contributed by atoms with E-state index in [1.807, 2.05) is 24.0 Å². The first-order chi connectivity index (χ1) is 14.6. The van der Waals surface area contributed by atoms with Crippen molar-refractivity contribution in [1.82, 2.24) is 10.2 Å². The van der Waals surface area contributed by atoms with E-state index in [1.54, 1.807) is 36.4 Å². The van der Waals surface area contributed by atoms with Crippen LogP contribution >= 0.6 is 12.2 Å². The number of thiocarbonyl (C=S) groups is 1. The van der Waals surface area contributed by atoms with Crippen LogP contribution in [0.5, 0.6) is 5.75 Å². The summed E-state index contributed by atoms with van der Waals surface area (Å²) >= 11 is 5.31. The van der Waals surface area contributed by atoms with E-state index in [-0.39, 0.29) is 16.9 Å². The third kappa shape index (κ3) is 5.79. The minimum Gasteiger partial charge on any atom is -0.494 e. The Morgan fingerprint density at radius 1 is 1.00 bits per heavy atom. The number of carbonyl (C=O) groups excluding carboxylic acids is 2. The molecule has 1 aliphatic heterocycles. The van der Waals surface area contributed by atoms with Crippen LogP contribution in [-0.4, -0.2) is 41.5 Å². The van der Waals surface area contributed by atoms with E-state index >= 15 is 0 Å². The lowest BCUT2D eigenvalue weighted by molar-refractivity contribution is 0.0762. The summed E-state index contributed by atoms with van der Waals surface area (Å²) in [5.74, 6) is 0.364. The number of hydrogen-bond donors (Lipinski definition) is 2. The molecule has 0 atom stereocenters. The topological polar surface area (TPSA) is 70.7 Å². The summed E-state index contributed by atoms with van der Waals surface area (Å²) in [6, 6.07) is 14.1. The van der Waals surface area contributed by atoms with Gasteiger partial charge in [0, 0.05) is 18.7 Å². The van der Waals surface area contributed by atoms with Gasteiger partial charge in [0.05, 0.1) is 17.9 Å². The smallest absolute Gasteiger partial charge is 0.257 e. The maximum atomic E-state index is 13.0. The summed E-state index contributed by atoms with van der Waals surface area (Å²) < 4.78 is 5.39. The van der Waals surface area contributed by atoms with Gasteiger partial charge in [0.1, 0.15) is 5.75 Å². The average molecular weight is 426 g/mol. The molecule has 0 spiro atoms. The number of carbonyl (C=O) groups is 2. The number of amides is 2. The van der Waals surface area contributed by atoms with Crippen LogP contribution in [0.3, 0.4) is 0 Å². The Balaban J connectivity index is 1.65. The Morgan fingerprint density at radius 3 is 2.33 bits per heavy atom. The SMILES string of the molecule is CCOc1ccc(C(=O)NC(=S)Nc2ccccc2C(=O)N2CCCCCC2)cc1. The number of benzene rings is 2. The van der Waals surface area contributed by atoms with Crippen LogP contribution in [0, 0.1) is 0 Å². The van der Waals surface area contributed by atoms with E-state index < -0.39 is 0 Å². The monoisotopic (exact) mass is 425 g/mol. The molecule has 6 nitrogen and oxygen atoms in total. The number of nitrogens with one attached hydrogen (secondary N) is 2. The van der Waals surface area contributed by atoms with Crippen LogP contribution in [-0.2, 0) is 0 Å². The standard InChI is InChI=1S/C23H27N3O3S/c1-2-29-18-13-11-17(12-14-18)21(27)25-23(30)24-20-10-6-5-9-19(20)22(28)26-15-7-3-4-8-16-26/h5-6,9-14H,2-4,7-8,15-16H2,1H3,(H2,24,25,27,30). The summed E-state index contributed by atoms with van der Waals surface area (Å²) in [6.45, 7) is 4.01. The Morgan fingerprint density at radius 2 is 1.67 bits per heavy atom. The fourth-order valence-corrected chi connectivity index (χ4v) is 3.62. The van der Waals surface area contributed by atoms with Crippen molar-refractivity contribution in [3.05, 3.63) is 59.7 Å². The summed E-state index contributed by atoms with van der Waals surface area (Å²) in [6.07, 6.45) is 4.37. The van der Waals surface area contributed by atoms with Crippen molar-refractivity contribution in [3.63, 3.8) is 0 Å². The molecule has 0 radical (unpaired) electrons. The molecule has 2 aromatic carbocycles. The van der Waals surface area contributed by atoms with Crippen LogP contribution in [0.1, 0.15) is 53.3 Å². The lowest BCUT2D eigenvalue weighted by Gasteiger charge is -2.22. The number of ether oxygens (including phenoxy) is 1. The number of anilines is 1. The van der Waals surface area contributed by atoms with Gasteiger partial charge < -0.3 is 15.0 Å². The van der Waals surface area contributed by atoms with Crippen molar-refractivity contribution in [2.24, 2.45) is 0 Å². The van der Waals surface area contributed by atoms with Crippen LogP contribution in [0.2, 0.25) is 0 Å². The third-order valence-corrected chi connectivity index (χ3v) is 5.16. The van der Waals surface area contributed by atoms with Gasteiger partial charge in [-0.15, -0.1) is 0 Å². The van der Waals surface area contributed by atoms with Gasteiger partial charge in [0.15, 0.2) is 5.11 Å². The Kier molecular flexibility index (Phi) is 7.79. The van der Waals surface area contributed by atoms with E-state index in [2.05, 4.69) is 10.6 Å². The number of hydrogen-bond acceptors (Lipinski definition) is 4. The van der Waals surface area contributed by atoms with Crippen molar-refractivity contribution >= 4 is 34.8 Å². The molecule has 2 amide bonds. The molecule has 0 saturated carbocycles. The van der Waals surface area contributed by atoms with Crippen molar-refractivity contribution in [2.45, 2.75) is 32.6 Å². The first-order valence-electron chi connectivity index (χ1n) is 10.3. The zero-order valence-electron chi connectivity index (χ0n) is 17.1. The van der Waals surface area contributed by atoms with Crippen LogP contribution in [0.15, 0.2) is 48.5 Å². The number of nitrogens with zero attached hydrogens (tertiary/aromatic N) is 1. The normalized spacial score (nSPS) is 13.8. The van der Waals surface area contributed by atoms with E-state index in [0.717, 1.165) is 38.8 Å². The van der Waals surface area contributed by atoms with Crippen LogP contribution < -0.4 is 15.4 Å². The molecule has 1 heterocycles. The first kappa shape index (κ1) is 21.8. The van der Waals surface area contributed by atoms with E-state index in [0.29, 0.717) is 29.2 Å². The molecular formula is C23H27N3O3S. The second kappa shape index (κ2) is 10.7. The second-order valence-electron chi connectivity index (χ2n) is 7.12. The number of rotatable bonds is 5. The number of para-hydroxylation sites is 1. The molecule has 2 N–H and O–H groups in total. The Labute approximate surface area is 182 Å². The summed E-state index contributed by atoms with van der Waals surface area (Å²) in [5, 5.41) is 5.82. The quantitative estimate of drug-likeness (QED) is 0.702. The van der Waals surface area contributed by atoms with Gasteiger partial charge in [-0.1, -0.05) is 25.0 Å². The Bertz CT molecular complexity index is 891. The third-order valence-electron chi connectivity index (χ3n) is 4.95. The Hall–Kier alpha value is -2.93. The zero-order chi connectivity index (χ0) is 21.3. The molecule has 0 aromatic heterocycles. The van der Waals surface area contributed by atoms with Gasteiger partial charge in [0.25, 0.3) is 11.8 Å². The lowest BCUT2D eigenvalue weighted by atomic mass is 10.1. The second-order valence-corrected chi connectivity index (χ2v) is 7.53. The maximum absolute atomic E-state index is 13.0. The highest BCUT2D eigenvalue weighted by Gasteiger charge is 2.20. The van der Waals surface area contributed by atoms with Crippen LogP contribution in [0.4, 0.5) is 5.69 Å². The van der Waals surface area contributed by atoms with E-state index in [1.165, 1.54) is 0 Å². The zero-order valence-corrected chi connectivity index (χ0v) is 18.0. The molecule has 1 fully saturated rings. The van der Waals surface area contributed by atoms with E-state index in [4.69, 9.17) is 17.0 Å². The molecule has 2 aromatic rings. The van der Waals surface area contributed by atoms with Gasteiger partial charge in [-0.05, 0) is 68.4 Å².